The maximum Gasteiger partial charge on any atom is 0.163 e. The third-order valence-electron chi connectivity index (χ3n) is 6.42. The van der Waals surface area contributed by atoms with Crippen molar-refractivity contribution in [2.24, 2.45) is 0 Å². The number of morpholine rings is 1. The van der Waals surface area contributed by atoms with Crippen LogP contribution in [-0.4, -0.2) is 71.8 Å². The Morgan fingerprint density at radius 2 is 2.06 bits per heavy atom. The summed E-state index contributed by atoms with van der Waals surface area (Å²) in [5.41, 5.74) is 2.39. The number of aromatic nitrogens is 3. The lowest BCUT2D eigenvalue weighted by molar-refractivity contribution is 0.122. The first-order valence-corrected chi connectivity index (χ1v) is 12.3. The number of hydrogen-bond donors (Lipinski definition) is 2. The van der Waals surface area contributed by atoms with Gasteiger partial charge in [0.05, 0.1) is 23.4 Å². The number of ether oxygens (including phenoxy) is 1. The Morgan fingerprint density at radius 3 is 2.91 bits per heavy atom. The van der Waals surface area contributed by atoms with Gasteiger partial charge in [0, 0.05) is 72.9 Å². The van der Waals surface area contributed by atoms with Crippen LogP contribution in [0.5, 0.6) is 0 Å². The van der Waals surface area contributed by atoms with Gasteiger partial charge in [-0.1, -0.05) is 0 Å². The molecule has 2 fully saturated rings. The number of piperazine rings is 1. The smallest absolute Gasteiger partial charge is 0.163 e. The van der Waals surface area contributed by atoms with Crippen molar-refractivity contribution in [3.8, 4) is 11.4 Å². The molecule has 33 heavy (non-hydrogen) atoms. The molecule has 3 aromatic heterocycles. The summed E-state index contributed by atoms with van der Waals surface area (Å²) in [5, 5.41) is 4.43. The summed E-state index contributed by atoms with van der Waals surface area (Å²) in [4.78, 5) is 19.1. The van der Waals surface area contributed by atoms with Crippen molar-refractivity contribution in [1.82, 2.24) is 25.2 Å². The van der Waals surface area contributed by atoms with Gasteiger partial charge in [-0.25, -0.2) is 14.4 Å². The molecule has 9 heteroatoms. The maximum absolute atomic E-state index is 14.4. The number of rotatable bonds is 4. The van der Waals surface area contributed by atoms with Gasteiger partial charge in [0.2, 0.25) is 0 Å². The highest BCUT2D eigenvalue weighted by Gasteiger charge is 2.23. The van der Waals surface area contributed by atoms with E-state index in [1.54, 1.807) is 11.3 Å². The molecule has 2 saturated heterocycles. The molecule has 0 spiro atoms. The van der Waals surface area contributed by atoms with Crippen LogP contribution < -0.4 is 10.2 Å². The van der Waals surface area contributed by atoms with Gasteiger partial charge in [-0.05, 0) is 31.2 Å². The molecule has 0 amide bonds. The molecule has 0 bridgehead atoms. The molecular weight excluding hydrogens is 439 g/mol. The van der Waals surface area contributed by atoms with Crippen molar-refractivity contribution in [2.75, 3.05) is 50.8 Å². The number of hydrogen-bond acceptors (Lipinski definition) is 7. The largest absolute Gasteiger partial charge is 0.378 e. The zero-order valence-electron chi connectivity index (χ0n) is 18.6. The van der Waals surface area contributed by atoms with Crippen molar-refractivity contribution in [2.45, 2.75) is 19.5 Å². The maximum atomic E-state index is 14.4. The average Bonchev–Trinajstić information content (AvgIpc) is 3.44. The number of fused-ring (bicyclic) bond motifs is 2. The van der Waals surface area contributed by atoms with E-state index in [1.807, 2.05) is 12.3 Å². The monoisotopic (exact) mass is 466 g/mol. The third kappa shape index (κ3) is 4.10. The fraction of sp³-hybridized carbons (Fsp3) is 0.417. The Labute approximate surface area is 195 Å². The van der Waals surface area contributed by atoms with E-state index in [1.165, 1.54) is 17.0 Å². The standard InChI is InChI=1S/C24H27FN6OS/c1-15-13-30(5-4-26-15)14-17-12-21-22(33-17)24(31-6-8-32-9-7-31)29-23(28-21)19-10-16(25)11-20-18(19)2-3-27-20/h2-3,10-12,15,26-27H,4-9,13-14H2,1H3. The molecule has 2 aliphatic rings. The number of nitrogens with zero attached hydrogens (tertiary/aromatic N) is 4. The Kier molecular flexibility index (Phi) is 5.49. The van der Waals surface area contributed by atoms with Crippen LogP contribution in [0.15, 0.2) is 30.5 Å². The fourth-order valence-electron chi connectivity index (χ4n) is 4.85. The summed E-state index contributed by atoms with van der Waals surface area (Å²) >= 11 is 1.77. The second-order valence-electron chi connectivity index (χ2n) is 8.88. The summed E-state index contributed by atoms with van der Waals surface area (Å²) in [6.07, 6.45) is 1.83. The third-order valence-corrected chi connectivity index (χ3v) is 7.53. The van der Waals surface area contributed by atoms with Gasteiger partial charge in [-0.2, -0.15) is 0 Å². The van der Waals surface area contributed by atoms with Crippen molar-refractivity contribution in [1.29, 1.82) is 0 Å². The molecule has 5 heterocycles. The predicted molar refractivity (Wildman–Crippen MR) is 130 cm³/mol. The van der Waals surface area contributed by atoms with Gasteiger partial charge < -0.3 is 19.9 Å². The van der Waals surface area contributed by atoms with E-state index in [0.29, 0.717) is 30.6 Å². The number of thiophene rings is 1. The molecule has 0 saturated carbocycles. The first kappa shape index (κ1) is 21.0. The van der Waals surface area contributed by atoms with Crippen LogP contribution in [0.1, 0.15) is 11.8 Å². The van der Waals surface area contributed by atoms with E-state index in [0.717, 1.165) is 66.2 Å². The van der Waals surface area contributed by atoms with Gasteiger partial charge in [-0.15, -0.1) is 11.3 Å². The topological polar surface area (TPSA) is 69.3 Å². The molecule has 1 atom stereocenters. The van der Waals surface area contributed by atoms with Gasteiger partial charge in [0.15, 0.2) is 11.6 Å². The number of nitrogens with one attached hydrogen (secondary N) is 2. The zero-order valence-corrected chi connectivity index (χ0v) is 19.4. The molecule has 6 rings (SSSR count). The van der Waals surface area contributed by atoms with Crippen molar-refractivity contribution < 1.29 is 9.13 Å². The lowest BCUT2D eigenvalue weighted by Gasteiger charge is -2.31. The van der Waals surface area contributed by atoms with Gasteiger partial charge in [0.1, 0.15) is 5.82 Å². The van der Waals surface area contributed by atoms with Crippen molar-refractivity contribution in [3.63, 3.8) is 0 Å². The molecule has 0 aliphatic carbocycles. The zero-order chi connectivity index (χ0) is 22.4. The minimum absolute atomic E-state index is 0.296. The normalized spacial score (nSPS) is 20.2. The van der Waals surface area contributed by atoms with Gasteiger partial charge in [0.25, 0.3) is 0 Å². The lowest BCUT2D eigenvalue weighted by Crippen LogP contribution is -2.48. The van der Waals surface area contributed by atoms with Crippen LogP contribution in [0.2, 0.25) is 0 Å². The number of benzene rings is 1. The van der Waals surface area contributed by atoms with E-state index in [9.17, 15) is 4.39 Å². The molecule has 172 valence electrons. The average molecular weight is 467 g/mol. The molecule has 7 nitrogen and oxygen atoms in total. The molecule has 4 aromatic rings. The fourth-order valence-corrected chi connectivity index (χ4v) is 6.00. The van der Waals surface area contributed by atoms with Crippen LogP contribution in [0, 0.1) is 5.82 Å². The highest BCUT2D eigenvalue weighted by molar-refractivity contribution is 7.19. The Balaban J connectivity index is 1.46. The number of aromatic amines is 1. The highest BCUT2D eigenvalue weighted by atomic mass is 32.1. The molecular formula is C24H27FN6OS. The van der Waals surface area contributed by atoms with Crippen LogP contribution in [0.4, 0.5) is 10.2 Å². The first-order valence-electron chi connectivity index (χ1n) is 11.5. The number of anilines is 1. The van der Waals surface area contributed by atoms with Crippen LogP contribution >= 0.6 is 11.3 Å². The van der Waals surface area contributed by atoms with Gasteiger partial charge >= 0.3 is 0 Å². The van der Waals surface area contributed by atoms with E-state index in [-0.39, 0.29) is 5.82 Å². The van der Waals surface area contributed by atoms with E-state index < -0.39 is 0 Å². The molecule has 1 unspecified atom stereocenters. The summed E-state index contributed by atoms with van der Waals surface area (Å²) in [6, 6.07) is 7.69. The number of H-pyrrole nitrogens is 1. The van der Waals surface area contributed by atoms with Crippen molar-refractivity contribution in [3.05, 3.63) is 41.2 Å². The summed E-state index contributed by atoms with van der Waals surface area (Å²) in [7, 11) is 0. The van der Waals surface area contributed by atoms with Crippen LogP contribution in [-0.2, 0) is 11.3 Å². The van der Waals surface area contributed by atoms with Gasteiger partial charge in [-0.3, -0.25) is 4.90 Å². The Morgan fingerprint density at radius 1 is 1.18 bits per heavy atom. The number of halogens is 1. The van der Waals surface area contributed by atoms with E-state index in [4.69, 9.17) is 14.7 Å². The van der Waals surface area contributed by atoms with E-state index >= 15 is 0 Å². The van der Waals surface area contributed by atoms with Crippen LogP contribution in [0.3, 0.4) is 0 Å². The minimum atomic E-state index is -0.296. The van der Waals surface area contributed by atoms with Crippen molar-refractivity contribution >= 4 is 38.3 Å². The second-order valence-corrected chi connectivity index (χ2v) is 10.0. The quantitative estimate of drug-likeness (QED) is 0.479. The second kappa shape index (κ2) is 8.64. The molecule has 2 N–H and O–H groups in total. The summed E-state index contributed by atoms with van der Waals surface area (Å²) < 4.78 is 21.1. The first-order chi connectivity index (χ1) is 16.1. The van der Waals surface area contributed by atoms with E-state index in [2.05, 4.69) is 33.1 Å². The summed E-state index contributed by atoms with van der Waals surface area (Å²) in [6.45, 7) is 9.17. The highest BCUT2D eigenvalue weighted by Crippen LogP contribution is 2.36. The minimum Gasteiger partial charge on any atom is -0.378 e. The molecule has 0 radical (unpaired) electrons. The lowest BCUT2D eigenvalue weighted by atomic mass is 10.1. The van der Waals surface area contributed by atoms with Crippen LogP contribution in [0.25, 0.3) is 32.5 Å². The Hall–Kier alpha value is -2.59. The predicted octanol–water partition coefficient (Wildman–Crippen LogP) is 3.61. The molecule has 1 aromatic carbocycles. The Bertz CT molecular complexity index is 1300. The SMILES string of the molecule is CC1CN(Cc2cc3nc(-c4cc(F)cc5[nH]ccc45)nc(N4CCOCC4)c3s2)CCN1. The summed E-state index contributed by atoms with van der Waals surface area (Å²) in [5.74, 6) is 1.19. The molecule has 2 aliphatic heterocycles.